The summed E-state index contributed by atoms with van der Waals surface area (Å²) in [5.74, 6) is 0.653. The van der Waals surface area contributed by atoms with E-state index in [-0.39, 0.29) is 12.5 Å². The second kappa shape index (κ2) is 6.98. The summed E-state index contributed by atoms with van der Waals surface area (Å²) < 4.78 is 18.5. The number of ether oxygens (including phenoxy) is 1. The summed E-state index contributed by atoms with van der Waals surface area (Å²) in [6, 6.07) is 5.83. The van der Waals surface area contributed by atoms with Crippen molar-refractivity contribution < 1.29 is 13.9 Å². The van der Waals surface area contributed by atoms with E-state index in [0.717, 1.165) is 0 Å². The van der Waals surface area contributed by atoms with Gasteiger partial charge in [-0.15, -0.1) is 0 Å². The van der Waals surface area contributed by atoms with Crippen LogP contribution in [-0.2, 0) is 11.3 Å². The van der Waals surface area contributed by atoms with E-state index in [4.69, 9.17) is 0 Å². The molecule has 6 heteroatoms. The fraction of sp³-hybridized carbons (Fsp3) is 0.312. The summed E-state index contributed by atoms with van der Waals surface area (Å²) in [5.41, 5.74) is 0.680. The number of nitrogens with one attached hydrogen (secondary N) is 1. The highest BCUT2D eigenvalue weighted by molar-refractivity contribution is 5.89. The first-order valence-electron chi connectivity index (χ1n) is 6.95. The molecule has 0 amide bonds. The van der Waals surface area contributed by atoms with Crippen LogP contribution in [0.1, 0.15) is 41.5 Å². The lowest BCUT2D eigenvalue weighted by atomic mass is 10.1. The molecular formula is C16H18FN3O2. The quantitative estimate of drug-likeness (QED) is 0.860. The van der Waals surface area contributed by atoms with Crippen molar-refractivity contribution >= 4 is 11.8 Å². The Kier molecular flexibility index (Phi) is 5.04. The van der Waals surface area contributed by atoms with E-state index < -0.39 is 11.8 Å². The van der Waals surface area contributed by atoms with E-state index >= 15 is 0 Å². The minimum Gasteiger partial charge on any atom is -0.465 e. The highest BCUT2D eigenvalue weighted by Gasteiger charge is 2.10. The second-order valence-electron chi connectivity index (χ2n) is 5.11. The van der Waals surface area contributed by atoms with Crippen LogP contribution in [0.2, 0.25) is 0 Å². The number of nitrogens with zero attached hydrogens (tertiary/aromatic N) is 2. The lowest BCUT2D eigenvalue weighted by molar-refractivity contribution is 0.0600. The van der Waals surface area contributed by atoms with Gasteiger partial charge in [0.15, 0.2) is 0 Å². The number of hydrogen-bond acceptors (Lipinski definition) is 5. The molecule has 0 bridgehead atoms. The van der Waals surface area contributed by atoms with Crippen LogP contribution in [0, 0.1) is 5.82 Å². The summed E-state index contributed by atoms with van der Waals surface area (Å²) >= 11 is 0. The van der Waals surface area contributed by atoms with Crippen molar-refractivity contribution in [2.24, 2.45) is 0 Å². The number of methoxy groups -OCH3 is 1. The minimum absolute atomic E-state index is 0.209. The van der Waals surface area contributed by atoms with Crippen molar-refractivity contribution in [2.45, 2.75) is 26.3 Å². The van der Waals surface area contributed by atoms with E-state index in [1.807, 2.05) is 13.8 Å². The summed E-state index contributed by atoms with van der Waals surface area (Å²) in [6.07, 6.45) is 1.66. The van der Waals surface area contributed by atoms with Gasteiger partial charge in [0.25, 0.3) is 0 Å². The van der Waals surface area contributed by atoms with Gasteiger partial charge in [-0.05, 0) is 24.3 Å². The number of rotatable bonds is 5. The second-order valence-corrected chi connectivity index (χ2v) is 5.11. The van der Waals surface area contributed by atoms with Crippen LogP contribution in [0.4, 0.5) is 10.2 Å². The molecule has 0 atom stereocenters. The molecule has 0 aliphatic heterocycles. The topological polar surface area (TPSA) is 64.1 Å². The monoisotopic (exact) mass is 303 g/mol. The molecule has 2 aromatic rings. The number of carbonyl (C=O) groups is 1. The molecule has 1 aromatic carbocycles. The van der Waals surface area contributed by atoms with E-state index in [1.54, 1.807) is 12.3 Å². The van der Waals surface area contributed by atoms with Gasteiger partial charge in [-0.1, -0.05) is 13.8 Å². The van der Waals surface area contributed by atoms with Gasteiger partial charge in [-0.25, -0.2) is 19.2 Å². The Hall–Kier alpha value is -2.50. The van der Waals surface area contributed by atoms with Gasteiger partial charge in [0, 0.05) is 24.2 Å². The number of esters is 1. The maximum Gasteiger partial charge on any atom is 0.337 e. The van der Waals surface area contributed by atoms with Crippen LogP contribution >= 0.6 is 0 Å². The molecule has 22 heavy (non-hydrogen) atoms. The molecule has 0 fully saturated rings. The van der Waals surface area contributed by atoms with Crippen molar-refractivity contribution in [1.29, 1.82) is 0 Å². The zero-order valence-corrected chi connectivity index (χ0v) is 12.8. The Labute approximate surface area is 128 Å². The highest BCUT2D eigenvalue weighted by atomic mass is 19.1. The molecule has 1 heterocycles. The average molecular weight is 303 g/mol. The molecule has 0 spiro atoms. The average Bonchev–Trinajstić information content (AvgIpc) is 2.53. The number of aromatic nitrogens is 2. The van der Waals surface area contributed by atoms with E-state index in [2.05, 4.69) is 20.0 Å². The molecule has 5 nitrogen and oxygen atoms in total. The summed E-state index contributed by atoms with van der Waals surface area (Å²) in [6.45, 7) is 4.21. The zero-order chi connectivity index (χ0) is 16.1. The molecule has 2 rings (SSSR count). The van der Waals surface area contributed by atoms with Gasteiger partial charge >= 0.3 is 5.97 Å². The molecule has 0 saturated carbocycles. The van der Waals surface area contributed by atoms with Crippen molar-refractivity contribution in [3.63, 3.8) is 0 Å². The Morgan fingerprint density at radius 3 is 2.82 bits per heavy atom. The third kappa shape index (κ3) is 3.78. The third-order valence-corrected chi connectivity index (χ3v) is 3.12. The first-order chi connectivity index (χ1) is 10.5. The molecule has 1 N–H and O–H groups in total. The normalized spacial score (nSPS) is 10.6. The van der Waals surface area contributed by atoms with E-state index in [1.165, 1.54) is 25.3 Å². The van der Waals surface area contributed by atoms with Gasteiger partial charge in [-0.3, -0.25) is 0 Å². The smallest absolute Gasteiger partial charge is 0.337 e. The molecule has 0 unspecified atom stereocenters. The zero-order valence-electron chi connectivity index (χ0n) is 12.8. The molecular weight excluding hydrogens is 285 g/mol. The van der Waals surface area contributed by atoms with E-state index in [9.17, 15) is 9.18 Å². The number of benzene rings is 1. The number of anilines is 1. The van der Waals surface area contributed by atoms with Crippen molar-refractivity contribution in [3.05, 3.63) is 53.2 Å². The Morgan fingerprint density at radius 1 is 1.36 bits per heavy atom. The van der Waals surface area contributed by atoms with Crippen LogP contribution in [0.3, 0.4) is 0 Å². The standard InChI is InChI=1S/C16H18FN3O2/c1-10(2)15-18-7-6-14(20-15)19-9-12-8-11(16(21)22-3)4-5-13(12)17/h4-8,10H,9H2,1-3H3,(H,18,19,20). The third-order valence-electron chi connectivity index (χ3n) is 3.12. The summed E-state index contributed by atoms with van der Waals surface area (Å²) in [4.78, 5) is 20.0. The molecule has 0 radical (unpaired) electrons. The van der Waals surface area contributed by atoms with Crippen LogP contribution in [0.15, 0.2) is 30.5 Å². The summed E-state index contributed by atoms with van der Waals surface area (Å²) in [7, 11) is 1.29. The lowest BCUT2D eigenvalue weighted by Gasteiger charge is -2.10. The van der Waals surface area contributed by atoms with Crippen molar-refractivity contribution in [3.8, 4) is 0 Å². The van der Waals surface area contributed by atoms with Crippen molar-refractivity contribution in [2.75, 3.05) is 12.4 Å². The lowest BCUT2D eigenvalue weighted by Crippen LogP contribution is -2.08. The molecule has 0 aliphatic rings. The van der Waals surface area contributed by atoms with Gasteiger partial charge in [0.05, 0.1) is 12.7 Å². The van der Waals surface area contributed by atoms with Crippen molar-refractivity contribution in [1.82, 2.24) is 9.97 Å². The molecule has 116 valence electrons. The summed E-state index contributed by atoms with van der Waals surface area (Å²) in [5, 5.41) is 3.04. The first kappa shape index (κ1) is 15.9. The van der Waals surface area contributed by atoms with E-state index in [0.29, 0.717) is 22.8 Å². The van der Waals surface area contributed by atoms with Crippen LogP contribution < -0.4 is 5.32 Å². The predicted octanol–water partition coefficient (Wildman–Crippen LogP) is 3.14. The van der Waals surface area contributed by atoms with Crippen LogP contribution in [0.25, 0.3) is 0 Å². The highest BCUT2D eigenvalue weighted by Crippen LogP contribution is 2.15. The largest absolute Gasteiger partial charge is 0.465 e. The fourth-order valence-electron chi connectivity index (χ4n) is 1.89. The SMILES string of the molecule is COC(=O)c1ccc(F)c(CNc2ccnc(C(C)C)n2)c1. The van der Waals surface area contributed by atoms with Crippen LogP contribution in [-0.4, -0.2) is 23.0 Å². The number of hydrogen-bond donors (Lipinski definition) is 1. The maximum atomic E-state index is 13.8. The van der Waals surface area contributed by atoms with Gasteiger partial charge < -0.3 is 10.1 Å². The molecule has 0 aliphatic carbocycles. The maximum absolute atomic E-state index is 13.8. The minimum atomic E-state index is -0.495. The van der Waals surface area contributed by atoms with Gasteiger partial charge in [0.2, 0.25) is 0 Å². The Morgan fingerprint density at radius 2 is 2.14 bits per heavy atom. The fourth-order valence-corrected chi connectivity index (χ4v) is 1.89. The Bertz CT molecular complexity index is 674. The van der Waals surface area contributed by atoms with Gasteiger partial charge in [0.1, 0.15) is 17.5 Å². The Balaban J connectivity index is 2.14. The number of halogens is 1. The molecule has 0 saturated heterocycles. The molecule has 1 aromatic heterocycles. The van der Waals surface area contributed by atoms with Gasteiger partial charge in [-0.2, -0.15) is 0 Å². The number of carbonyl (C=O) groups excluding carboxylic acids is 1. The first-order valence-corrected chi connectivity index (χ1v) is 6.95. The predicted molar refractivity (Wildman–Crippen MR) is 81.2 cm³/mol. The van der Waals surface area contributed by atoms with Crippen LogP contribution in [0.5, 0.6) is 0 Å².